The highest BCUT2D eigenvalue weighted by Crippen LogP contribution is 2.33. The molecule has 0 atom stereocenters. The second-order valence-corrected chi connectivity index (χ2v) is 9.90. The third kappa shape index (κ3) is 5.08. The minimum Gasteiger partial charge on any atom is -0.482 e. The molecule has 2 heterocycles. The highest BCUT2D eigenvalue weighted by Gasteiger charge is 2.18. The van der Waals surface area contributed by atoms with Gasteiger partial charge in [0.2, 0.25) is 4.80 Å². The third-order valence-corrected chi connectivity index (χ3v) is 7.16. The van der Waals surface area contributed by atoms with Crippen molar-refractivity contribution in [3.63, 3.8) is 0 Å². The summed E-state index contributed by atoms with van der Waals surface area (Å²) in [6, 6.07) is 20.2. The molecule has 0 saturated carbocycles. The number of hydrogen-bond donors (Lipinski definition) is 1. The molecule has 0 aliphatic carbocycles. The summed E-state index contributed by atoms with van der Waals surface area (Å²) < 4.78 is 7.37. The van der Waals surface area contributed by atoms with Crippen LogP contribution in [0.1, 0.15) is 16.7 Å². The van der Waals surface area contributed by atoms with E-state index in [1.54, 1.807) is 11.8 Å². The lowest BCUT2D eigenvalue weighted by atomic mass is 10.1. The Morgan fingerprint density at radius 2 is 1.91 bits per heavy atom. The molecule has 1 amide bonds. The molecule has 0 spiro atoms. The van der Waals surface area contributed by atoms with E-state index in [2.05, 4.69) is 61.8 Å². The second kappa shape index (κ2) is 9.93. The zero-order chi connectivity index (χ0) is 24.4. The Morgan fingerprint density at radius 1 is 1.09 bits per heavy atom. The average molecular weight is 501 g/mol. The number of aryl methyl sites for hydroxylation is 2. The van der Waals surface area contributed by atoms with E-state index in [9.17, 15) is 4.79 Å². The summed E-state index contributed by atoms with van der Waals surface area (Å²) in [5.74, 6) is 0.498. The average Bonchev–Trinajstić information content (AvgIpc) is 3.26. The fourth-order valence-corrected chi connectivity index (χ4v) is 5.04. The number of benzene rings is 3. The molecule has 1 aliphatic rings. The number of fused-ring (bicyclic) bond motifs is 1. The van der Waals surface area contributed by atoms with Crippen molar-refractivity contribution in [3.05, 3.63) is 87.5 Å². The molecule has 0 bridgehead atoms. The maximum Gasteiger partial charge on any atom is 0.262 e. The van der Waals surface area contributed by atoms with Gasteiger partial charge in [-0.15, -0.1) is 23.1 Å². The van der Waals surface area contributed by atoms with Crippen LogP contribution in [0.2, 0.25) is 0 Å². The molecule has 0 saturated heterocycles. The summed E-state index contributed by atoms with van der Waals surface area (Å²) >= 11 is 3.23. The number of thioether (sulfide) groups is 1. The molecule has 176 valence electrons. The van der Waals surface area contributed by atoms with E-state index in [0.717, 1.165) is 32.9 Å². The van der Waals surface area contributed by atoms with Crippen molar-refractivity contribution in [3.8, 4) is 17.0 Å². The van der Waals surface area contributed by atoms with Crippen LogP contribution < -0.4 is 14.9 Å². The first-order chi connectivity index (χ1) is 17.0. The lowest BCUT2D eigenvalue weighted by molar-refractivity contribution is -0.118. The van der Waals surface area contributed by atoms with Crippen molar-refractivity contribution in [2.24, 2.45) is 10.1 Å². The summed E-state index contributed by atoms with van der Waals surface area (Å²) in [5.41, 5.74) is 6.64. The van der Waals surface area contributed by atoms with Crippen LogP contribution in [0.15, 0.2) is 81.0 Å². The summed E-state index contributed by atoms with van der Waals surface area (Å²) in [7, 11) is 0. The number of rotatable bonds is 5. The number of anilines is 1. The topological polar surface area (TPSA) is 68.0 Å². The molecule has 35 heavy (non-hydrogen) atoms. The van der Waals surface area contributed by atoms with E-state index in [1.807, 2.05) is 40.5 Å². The Morgan fingerprint density at radius 3 is 2.69 bits per heavy atom. The molecule has 5 rings (SSSR count). The molecule has 1 N–H and O–H groups in total. The van der Waals surface area contributed by atoms with Gasteiger partial charge in [-0.05, 0) is 67.6 Å². The van der Waals surface area contributed by atoms with Gasteiger partial charge in [0, 0.05) is 15.8 Å². The second-order valence-electron chi connectivity index (χ2n) is 8.18. The number of hydrogen-bond acceptors (Lipinski definition) is 6. The number of carbonyl (C=O) groups is 1. The summed E-state index contributed by atoms with van der Waals surface area (Å²) in [6.07, 6.45) is 3.90. The number of aromatic nitrogens is 1. The van der Waals surface area contributed by atoms with Crippen molar-refractivity contribution >= 4 is 46.6 Å². The molecule has 8 heteroatoms. The first-order valence-electron chi connectivity index (χ1n) is 11.1. The van der Waals surface area contributed by atoms with Crippen molar-refractivity contribution in [2.45, 2.75) is 18.7 Å². The minimum atomic E-state index is -0.162. The van der Waals surface area contributed by atoms with Gasteiger partial charge in [-0.25, -0.2) is 9.67 Å². The molecule has 0 fully saturated rings. The van der Waals surface area contributed by atoms with Crippen molar-refractivity contribution in [1.82, 2.24) is 4.68 Å². The largest absolute Gasteiger partial charge is 0.482 e. The van der Waals surface area contributed by atoms with E-state index >= 15 is 0 Å². The Bertz CT molecular complexity index is 1500. The van der Waals surface area contributed by atoms with Crippen LogP contribution in [0, 0.1) is 13.8 Å². The zero-order valence-electron chi connectivity index (χ0n) is 19.6. The first kappa shape index (κ1) is 23.1. The predicted molar refractivity (Wildman–Crippen MR) is 144 cm³/mol. The number of thiazole rings is 1. The number of ether oxygens (including phenoxy) is 1. The van der Waals surface area contributed by atoms with Gasteiger partial charge in [0.05, 0.1) is 23.3 Å². The summed E-state index contributed by atoms with van der Waals surface area (Å²) in [6.45, 7) is 4.17. The van der Waals surface area contributed by atoms with Crippen LogP contribution in [0.25, 0.3) is 11.3 Å². The van der Waals surface area contributed by atoms with E-state index in [-0.39, 0.29) is 12.5 Å². The smallest absolute Gasteiger partial charge is 0.262 e. The van der Waals surface area contributed by atoms with Gasteiger partial charge >= 0.3 is 0 Å². The van der Waals surface area contributed by atoms with E-state index in [4.69, 9.17) is 14.8 Å². The van der Waals surface area contributed by atoms with Gasteiger partial charge < -0.3 is 10.1 Å². The zero-order valence-corrected chi connectivity index (χ0v) is 21.2. The van der Waals surface area contributed by atoms with Crippen LogP contribution >= 0.6 is 23.1 Å². The van der Waals surface area contributed by atoms with E-state index in [1.165, 1.54) is 21.8 Å². The SMILES string of the molecule is CSc1ccc(C=Nn2c(-c3ccc4c(c3)NC(=O)CO4)csc2=Nc2ccc(C)cc2C)cc1. The summed E-state index contributed by atoms with van der Waals surface area (Å²) in [5, 5.41) is 9.74. The number of amides is 1. The van der Waals surface area contributed by atoms with Gasteiger partial charge in [0.15, 0.2) is 6.61 Å². The molecule has 1 aliphatic heterocycles. The van der Waals surface area contributed by atoms with Gasteiger partial charge in [-0.1, -0.05) is 29.8 Å². The molecular weight excluding hydrogens is 476 g/mol. The number of nitrogens with one attached hydrogen (secondary N) is 1. The highest BCUT2D eigenvalue weighted by molar-refractivity contribution is 7.98. The van der Waals surface area contributed by atoms with Crippen molar-refractivity contribution in [1.29, 1.82) is 0 Å². The number of carbonyl (C=O) groups excluding carboxylic acids is 1. The molecule has 0 unspecified atom stereocenters. The Kier molecular flexibility index (Phi) is 6.57. The first-order valence-corrected chi connectivity index (χ1v) is 13.2. The molecule has 6 nitrogen and oxygen atoms in total. The van der Waals surface area contributed by atoms with Crippen LogP contribution in [-0.2, 0) is 4.79 Å². The molecule has 3 aromatic carbocycles. The van der Waals surface area contributed by atoms with E-state index in [0.29, 0.717) is 11.4 Å². The lowest BCUT2D eigenvalue weighted by Crippen LogP contribution is -2.25. The monoisotopic (exact) mass is 500 g/mol. The van der Waals surface area contributed by atoms with Crippen molar-refractivity contribution in [2.75, 3.05) is 18.2 Å². The normalized spacial score (nSPS) is 13.6. The van der Waals surface area contributed by atoms with Crippen LogP contribution in [0.5, 0.6) is 5.75 Å². The summed E-state index contributed by atoms with van der Waals surface area (Å²) in [4.78, 5) is 18.7. The maximum atomic E-state index is 11.8. The third-order valence-electron chi connectivity index (χ3n) is 5.60. The Labute approximate surface area is 212 Å². The molecule has 1 aromatic heterocycles. The standard InChI is InChI=1S/C27H24N4O2S2/c1-17-4-10-22(18(2)12-17)30-27-31(28-14-19-5-8-21(34-3)9-6-19)24(16-35-27)20-7-11-25-23(13-20)29-26(32)15-33-25/h4-14,16H,15H2,1-3H3,(H,29,32). The predicted octanol–water partition coefficient (Wildman–Crippen LogP) is 6.00. The number of nitrogens with zero attached hydrogens (tertiary/aromatic N) is 3. The quantitative estimate of drug-likeness (QED) is 0.270. The van der Waals surface area contributed by atoms with E-state index < -0.39 is 0 Å². The van der Waals surface area contributed by atoms with Gasteiger partial charge in [-0.3, -0.25) is 4.79 Å². The van der Waals surface area contributed by atoms with Gasteiger partial charge in [-0.2, -0.15) is 5.10 Å². The highest BCUT2D eigenvalue weighted by atomic mass is 32.2. The fraction of sp³-hybridized carbons (Fsp3) is 0.148. The van der Waals surface area contributed by atoms with Gasteiger partial charge in [0.1, 0.15) is 5.75 Å². The Hall–Kier alpha value is -3.62. The fourth-order valence-electron chi connectivity index (χ4n) is 3.78. The van der Waals surface area contributed by atoms with Crippen LogP contribution in [-0.4, -0.2) is 29.7 Å². The molecule has 0 radical (unpaired) electrons. The van der Waals surface area contributed by atoms with Gasteiger partial charge in [0.25, 0.3) is 5.91 Å². The minimum absolute atomic E-state index is 0.0311. The molecule has 4 aromatic rings. The molecular formula is C27H24N4O2S2. The lowest BCUT2D eigenvalue weighted by Gasteiger charge is -2.18. The maximum absolute atomic E-state index is 11.8. The van der Waals surface area contributed by atoms with Crippen molar-refractivity contribution < 1.29 is 9.53 Å². The van der Waals surface area contributed by atoms with Crippen LogP contribution in [0.3, 0.4) is 0 Å². The van der Waals surface area contributed by atoms with Crippen LogP contribution in [0.4, 0.5) is 11.4 Å². The Balaban J connectivity index is 1.62.